The van der Waals surface area contributed by atoms with E-state index in [1.807, 2.05) is 0 Å². The quantitative estimate of drug-likeness (QED) is 0.184. The summed E-state index contributed by atoms with van der Waals surface area (Å²) in [4.78, 5) is 2.45. The Labute approximate surface area is 297 Å². The molecule has 0 spiro atoms. The summed E-state index contributed by atoms with van der Waals surface area (Å²) in [6.45, 7) is 4.67. The molecule has 1 aromatic heterocycles. The first-order valence-corrected chi connectivity index (χ1v) is 17.7. The van der Waals surface area contributed by atoms with Crippen LogP contribution in [0.5, 0.6) is 0 Å². The van der Waals surface area contributed by atoms with E-state index in [1.165, 1.54) is 55.3 Å². The molecule has 1 aliphatic rings. The van der Waals surface area contributed by atoms with E-state index < -0.39 is 0 Å². The Morgan fingerprint density at radius 1 is 0.451 bits per heavy atom. The largest absolute Gasteiger partial charge is 0.455 e. The molecule has 0 N–H and O–H groups in total. The van der Waals surface area contributed by atoms with Gasteiger partial charge in [0.15, 0.2) is 0 Å². The van der Waals surface area contributed by atoms with Crippen LogP contribution in [0.4, 0.5) is 17.1 Å². The standard InChI is InChI=1S/C49H35NO/c1-49(2)43-26-24-37(31-42(43)47-44(49)27-25-41-40-21-11-12-23-46(40)51-48(41)47)50(45-22-13-19-34-18-9-10-20-39(34)45)38-29-35(32-14-5-3-6-15-32)28-36(30-38)33-16-7-4-8-17-33/h3-31H,1-2H3. The van der Waals surface area contributed by atoms with Crippen molar-refractivity contribution >= 4 is 49.8 Å². The lowest BCUT2D eigenvalue weighted by Crippen LogP contribution is -2.15. The summed E-state index contributed by atoms with van der Waals surface area (Å²) < 4.78 is 6.69. The van der Waals surface area contributed by atoms with Crippen LogP contribution in [0.3, 0.4) is 0 Å². The van der Waals surface area contributed by atoms with Crippen molar-refractivity contribution in [1.82, 2.24) is 0 Å². The second-order valence-electron chi connectivity index (χ2n) is 14.2. The van der Waals surface area contributed by atoms with Crippen LogP contribution in [-0.4, -0.2) is 0 Å². The van der Waals surface area contributed by atoms with E-state index in [2.05, 4.69) is 195 Å². The zero-order valence-electron chi connectivity index (χ0n) is 28.6. The third-order valence-corrected chi connectivity index (χ3v) is 10.8. The number of fused-ring (bicyclic) bond motifs is 8. The number of hydrogen-bond donors (Lipinski definition) is 0. The van der Waals surface area contributed by atoms with Gasteiger partial charge in [-0.1, -0.05) is 147 Å². The molecular weight excluding hydrogens is 619 g/mol. The van der Waals surface area contributed by atoms with Gasteiger partial charge in [0.05, 0.1) is 5.69 Å². The number of anilines is 3. The van der Waals surface area contributed by atoms with E-state index in [0.29, 0.717) is 0 Å². The molecule has 0 saturated carbocycles. The molecule has 2 nitrogen and oxygen atoms in total. The Kier molecular flexibility index (Phi) is 6.56. The average molecular weight is 654 g/mol. The zero-order valence-corrected chi connectivity index (χ0v) is 28.6. The number of benzene rings is 8. The lowest BCUT2D eigenvalue weighted by Gasteiger charge is -2.29. The predicted octanol–water partition coefficient (Wildman–Crippen LogP) is 13.8. The minimum atomic E-state index is -0.172. The topological polar surface area (TPSA) is 16.4 Å². The number of hydrogen-bond acceptors (Lipinski definition) is 2. The highest BCUT2D eigenvalue weighted by Crippen LogP contribution is 2.54. The fourth-order valence-corrected chi connectivity index (χ4v) is 8.31. The highest BCUT2D eigenvalue weighted by atomic mass is 16.3. The Morgan fingerprint density at radius 2 is 1.08 bits per heavy atom. The van der Waals surface area contributed by atoms with E-state index in [-0.39, 0.29) is 5.41 Å². The number of nitrogens with zero attached hydrogens (tertiary/aromatic N) is 1. The molecule has 10 rings (SSSR count). The van der Waals surface area contributed by atoms with E-state index in [9.17, 15) is 0 Å². The SMILES string of the molecule is CC1(C)c2ccc(N(c3cc(-c4ccccc4)cc(-c4ccccc4)c3)c3cccc4ccccc34)cc2-c2c1ccc1c2oc2ccccc21. The van der Waals surface area contributed by atoms with Crippen LogP contribution in [0.15, 0.2) is 180 Å². The van der Waals surface area contributed by atoms with Crippen LogP contribution in [0.25, 0.3) is 66.1 Å². The van der Waals surface area contributed by atoms with Gasteiger partial charge in [-0.3, -0.25) is 0 Å². The molecule has 9 aromatic rings. The predicted molar refractivity (Wildman–Crippen MR) is 214 cm³/mol. The summed E-state index contributed by atoms with van der Waals surface area (Å²) in [5.74, 6) is 0. The summed E-state index contributed by atoms with van der Waals surface area (Å²) in [6, 6.07) is 63.7. The van der Waals surface area contributed by atoms with Gasteiger partial charge in [0, 0.05) is 38.5 Å². The van der Waals surface area contributed by atoms with Gasteiger partial charge in [0.1, 0.15) is 11.2 Å². The van der Waals surface area contributed by atoms with Crippen LogP contribution >= 0.6 is 0 Å². The zero-order chi connectivity index (χ0) is 34.1. The maximum Gasteiger partial charge on any atom is 0.143 e. The minimum Gasteiger partial charge on any atom is -0.455 e. The molecular formula is C49H35NO. The first kappa shape index (κ1) is 29.5. The van der Waals surface area contributed by atoms with E-state index >= 15 is 0 Å². The van der Waals surface area contributed by atoms with Crippen LogP contribution in [0.2, 0.25) is 0 Å². The first-order valence-electron chi connectivity index (χ1n) is 17.7. The highest BCUT2D eigenvalue weighted by Gasteiger charge is 2.38. The van der Waals surface area contributed by atoms with Crippen molar-refractivity contribution in [3.63, 3.8) is 0 Å². The molecule has 2 heteroatoms. The van der Waals surface area contributed by atoms with Crippen molar-refractivity contribution in [2.75, 3.05) is 4.90 Å². The fraction of sp³-hybridized carbons (Fsp3) is 0.0612. The number of para-hydroxylation sites is 1. The normalized spacial score (nSPS) is 13.1. The van der Waals surface area contributed by atoms with Gasteiger partial charge in [0.2, 0.25) is 0 Å². The maximum atomic E-state index is 6.69. The molecule has 1 aliphatic carbocycles. The second-order valence-corrected chi connectivity index (χ2v) is 14.2. The Balaban J connectivity index is 1.26. The molecule has 242 valence electrons. The Bertz CT molecular complexity index is 2710. The molecule has 0 fully saturated rings. The smallest absolute Gasteiger partial charge is 0.143 e. The molecule has 51 heavy (non-hydrogen) atoms. The molecule has 0 radical (unpaired) electrons. The monoisotopic (exact) mass is 653 g/mol. The summed E-state index contributed by atoms with van der Waals surface area (Å²) in [7, 11) is 0. The van der Waals surface area contributed by atoms with Gasteiger partial charge in [0.25, 0.3) is 0 Å². The van der Waals surface area contributed by atoms with Crippen LogP contribution in [0.1, 0.15) is 25.0 Å². The first-order chi connectivity index (χ1) is 25.0. The van der Waals surface area contributed by atoms with Crippen molar-refractivity contribution < 1.29 is 4.42 Å². The van der Waals surface area contributed by atoms with Crippen molar-refractivity contribution in [2.45, 2.75) is 19.3 Å². The summed E-state index contributed by atoms with van der Waals surface area (Å²) >= 11 is 0. The fourth-order valence-electron chi connectivity index (χ4n) is 8.31. The summed E-state index contributed by atoms with van der Waals surface area (Å²) in [5.41, 5.74) is 14.8. The van der Waals surface area contributed by atoms with Crippen LogP contribution in [-0.2, 0) is 5.41 Å². The minimum absolute atomic E-state index is 0.172. The van der Waals surface area contributed by atoms with Gasteiger partial charge in [-0.15, -0.1) is 0 Å². The highest BCUT2D eigenvalue weighted by molar-refractivity contribution is 6.12. The molecule has 0 saturated heterocycles. The third kappa shape index (κ3) is 4.64. The van der Waals surface area contributed by atoms with E-state index in [0.717, 1.165) is 39.0 Å². The molecule has 0 bridgehead atoms. The van der Waals surface area contributed by atoms with Gasteiger partial charge in [-0.2, -0.15) is 0 Å². The van der Waals surface area contributed by atoms with Gasteiger partial charge < -0.3 is 9.32 Å². The van der Waals surface area contributed by atoms with Crippen molar-refractivity contribution in [3.8, 4) is 33.4 Å². The molecule has 0 unspecified atom stereocenters. The number of furan rings is 1. The number of rotatable bonds is 5. The lowest BCUT2D eigenvalue weighted by atomic mass is 9.82. The van der Waals surface area contributed by atoms with E-state index in [1.54, 1.807) is 0 Å². The van der Waals surface area contributed by atoms with Crippen molar-refractivity contribution in [1.29, 1.82) is 0 Å². The molecule has 0 atom stereocenters. The second kappa shape index (κ2) is 11.3. The van der Waals surface area contributed by atoms with E-state index in [4.69, 9.17) is 4.42 Å². The molecule has 0 aliphatic heterocycles. The Morgan fingerprint density at radius 3 is 1.82 bits per heavy atom. The van der Waals surface area contributed by atoms with Crippen LogP contribution < -0.4 is 4.90 Å². The lowest BCUT2D eigenvalue weighted by molar-refractivity contribution is 0.653. The molecule has 0 amide bonds. The van der Waals surface area contributed by atoms with Gasteiger partial charge in [-0.25, -0.2) is 0 Å². The van der Waals surface area contributed by atoms with Gasteiger partial charge >= 0.3 is 0 Å². The third-order valence-electron chi connectivity index (χ3n) is 10.8. The molecule has 8 aromatic carbocycles. The summed E-state index contributed by atoms with van der Waals surface area (Å²) in [5, 5.41) is 4.72. The summed E-state index contributed by atoms with van der Waals surface area (Å²) in [6.07, 6.45) is 0. The maximum absolute atomic E-state index is 6.69. The van der Waals surface area contributed by atoms with Gasteiger partial charge in [-0.05, 0) is 86.8 Å². The van der Waals surface area contributed by atoms with Crippen molar-refractivity contribution in [3.05, 3.63) is 187 Å². The molecule has 1 heterocycles. The average Bonchev–Trinajstić information content (AvgIpc) is 3.67. The van der Waals surface area contributed by atoms with Crippen molar-refractivity contribution in [2.24, 2.45) is 0 Å². The Hall–Kier alpha value is -6.38. The van der Waals surface area contributed by atoms with Crippen LogP contribution in [0, 0.1) is 0 Å².